The number of benzene rings is 1. The number of aldehydes is 1. The molecule has 0 radical (unpaired) electrons. The first-order chi connectivity index (χ1) is 12.0. The van der Waals surface area contributed by atoms with Gasteiger partial charge in [0.05, 0.1) is 23.1 Å². The predicted molar refractivity (Wildman–Crippen MR) is 89.9 cm³/mol. The number of rotatable bonds is 6. The van der Waals surface area contributed by atoms with Crippen molar-refractivity contribution in [1.82, 2.24) is 5.32 Å². The lowest BCUT2D eigenvalue weighted by molar-refractivity contribution is -0.137. The molecule has 0 aromatic heterocycles. The zero-order valence-electron chi connectivity index (χ0n) is 14.0. The third kappa shape index (κ3) is 4.75. The summed E-state index contributed by atoms with van der Waals surface area (Å²) in [6, 6.07) is 2.69. The second kappa shape index (κ2) is 7.65. The van der Waals surface area contributed by atoms with E-state index in [4.69, 9.17) is 0 Å². The Kier molecular flexibility index (Phi) is 5.94. The topological polar surface area (TPSA) is 83.6 Å². The first-order valence-electron chi connectivity index (χ1n) is 7.90. The molecule has 1 saturated heterocycles. The molecule has 1 fully saturated rings. The standard InChI is InChI=1S/C16H19F3N2O4S/c1-21(9-15(23)20-8-13-3-2-6-26(13,24)25)14-5-4-12(16(17,18)19)7-11(14)10-22/h4-5,7,10,13H,2-3,6,8-9H2,1H3,(H,20,23). The Bertz CT molecular complexity index is 793. The van der Waals surface area contributed by atoms with Gasteiger partial charge < -0.3 is 10.2 Å². The molecule has 1 aliphatic rings. The maximum Gasteiger partial charge on any atom is 0.416 e. The minimum Gasteiger partial charge on any atom is -0.365 e. The SMILES string of the molecule is CN(CC(=O)NCC1CCCS1(=O)=O)c1ccc(C(F)(F)F)cc1C=O. The van der Waals surface area contributed by atoms with E-state index >= 15 is 0 Å². The number of alkyl halides is 3. The Hall–Kier alpha value is -2.10. The van der Waals surface area contributed by atoms with Crippen LogP contribution in [0.4, 0.5) is 18.9 Å². The molecule has 2 rings (SSSR count). The number of hydrogen-bond donors (Lipinski definition) is 1. The van der Waals surface area contributed by atoms with Crippen molar-refractivity contribution in [3.63, 3.8) is 0 Å². The minimum absolute atomic E-state index is 0.00254. The lowest BCUT2D eigenvalue weighted by Gasteiger charge is -2.22. The number of carbonyl (C=O) groups is 2. The maximum atomic E-state index is 12.7. The van der Waals surface area contributed by atoms with Crippen molar-refractivity contribution in [1.29, 1.82) is 0 Å². The lowest BCUT2D eigenvalue weighted by atomic mass is 10.1. The van der Waals surface area contributed by atoms with Crippen molar-refractivity contribution < 1.29 is 31.2 Å². The quantitative estimate of drug-likeness (QED) is 0.745. The molecule has 1 aromatic rings. The molecule has 1 heterocycles. The molecular formula is C16H19F3N2O4S. The smallest absolute Gasteiger partial charge is 0.365 e. The Morgan fingerprint density at radius 3 is 2.62 bits per heavy atom. The number of nitrogens with one attached hydrogen (secondary N) is 1. The van der Waals surface area contributed by atoms with E-state index in [1.165, 1.54) is 11.9 Å². The largest absolute Gasteiger partial charge is 0.416 e. The van der Waals surface area contributed by atoms with Gasteiger partial charge in [0.2, 0.25) is 5.91 Å². The van der Waals surface area contributed by atoms with Crippen LogP contribution < -0.4 is 10.2 Å². The van der Waals surface area contributed by atoms with E-state index in [9.17, 15) is 31.2 Å². The summed E-state index contributed by atoms with van der Waals surface area (Å²) < 4.78 is 61.6. The highest BCUT2D eigenvalue weighted by Crippen LogP contribution is 2.32. The summed E-state index contributed by atoms with van der Waals surface area (Å²) >= 11 is 0. The fourth-order valence-electron chi connectivity index (χ4n) is 2.84. The first-order valence-corrected chi connectivity index (χ1v) is 9.62. The zero-order chi connectivity index (χ0) is 19.5. The normalized spacial score (nSPS) is 19.2. The van der Waals surface area contributed by atoms with E-state index in [1.807, 2.05) is 0 Å². The monoisotopic (exact) mass is 392 g/mol. The van der Waals surface area contributed by atoms with Gasteiger partial charge in [0.15, 0.2) is 16.1 Å². The number of hydrogen-bond acceptors (Lipinski definition) is 5. The molecule has 1 amide bonds. The lowest BCUT2D eigenvalue weighted by Crippen LogP contribution is -2.40. The second-order valence-electron chi connectivity index (χ2n) is 6.18. The molecule has 1 unspecified atom stereocenters. The van der Waals surface area contributed by atoms with Gasteiger partial charge in [-0.3, -0.25) is 9.59 Å². The first kappa shape index (κ1) is 20.2. The Balaban J connectivity index is 2.01. The van der Waals surface area contributed by atoms with Crippen LogP contribution in [-0.4, -0.2) is 51.8 Å². The third-order valence-electron chi connectivity index (χ3n) is 4.26. The third-order valence-corrected chi connectivity index (χ3v) is 6.54. The Morgan fingerprint density at radius 1 is 1.38 bits per heavy atom. The van der Waals surface area contributed by atoms with Gasteiger partial charge in [-0.15, -0.1) is 0 Å². The molecule has 0 saturated carbocycles. The van der Waals surface area contributed by atoms with Gasteiger partial charge in [-0.1, -0.05) is 0 Å². The Labute approximate surface area is 149 Å². The van der Waals surface area contributed by atoms with Gasteiger partial charge >= 0.3 is 6.18 Å². The summed E-state index contributed by atoms with van der Waals surface area (Å²) in [4.78, 5) is 24.4. The molecule has 10 heteroatoms. The summed E-state index contributed by atoms with van der Waals surface area (Å²) in [5.41, 5.74) is -0.960. The van der Waals surface area contributed by atoms with Gasteiger partial charge in [-0.05, 0) is 31.0 Å². The number of sulfone groups is 1. The predicted octanol–water partition coefficient (Wildman–Crippen LogP) is 1.65. The molecular weight excluding hydrogens is 373 g/mol. The van der Waals surface area contributed by atoms with E-state index in [1.54, 1.807) is 0 Å². The maximum absolute atomic E-state index is 12.7. The van der Waals surface area contributed by atoms with Crippen LogP contribution in [0.25, 0.3) is 0 Å². The average Bonchev–Trinajstić information content (AvgIpc) is 2.89. The highest BCUT2D eigenvalue weighted by molar-refractivity contribution is 7.92. The summed E-state index contributed by atoms with van der Waals surface area (Å²) in [5, 5.41) is 1.92. The summed E-state index contributed by atoms with van der Waals surface area (Å²) in [6.45, 7) is -0.221. The Morgan fingerprint density at radius 2 is 2.08 bits per heavy atom. The molecule has 144 valence electrons. The van der Waals surface area contributed by atoms with Crippen LogP contribution in [0.3, 0.4) is 0 Å². The van der Waals surface area contributed by atoms with Gasteiger partial charge in [0, 0.05) is 24.8 Å². The molecule has 1 atom stereocenters. The second-order valence-corrected chi connectivity index (χ2v) is 8.58. The molecule has 0 bridgehead atoms. The number of amides is 1. The van der Waals surface area contributed by atoms with Crippen molar-refractivity contribution in [3.05, 3.63) is 29.3 Å². The summed E-state index contributed by atoms with van der Waals surface area (Å²) in [6.07, 6.45) is -3.22. The highest BCUT2D eigenvalue weighted by Gasteiger charge is 2.32. The van der Waals surface area contributed by atoms with Crippen molar-refractivity contribution in [3.8, 4) is 0 Å². The van der Waals surface area contributed by atoms with E-state index in [-0.39, 0.29) is 30.1 Å². The molecule has 1 aliphatic heterocycles. The van der Waals surface area contributed by atoms with Crippen LogP contribution in [0.5, 0.6) is 0 Å². The van der Waals surface area contributed by atoms with Crippen molar-refractivity contribution in [2.45, 2.75) is 24.3 Å². The van der Waals surface area contributed by atoms with E-state index in [0.29, 0.717) is 19.1 Å². The number of anilines is 1. The van der Waals surface area contributed by atoms with Crippen molar-refractivity contribution in [2.75, 3.05) is 30.8 Å². The van der Waals surface area contributed by atoms with Crippen LogP contribution in [0.2, 0.25) is 0 Å². The summed E-state index contributed by atoms with van der Waals surface area (Å²) in [5.74, 6) is -0.367. The number of halogens is 3. The highest BCUT2D eigenvalue weighted by atomic mass is 32.2. The van der Waals surface area contributed by atoms with Crippen LogP contribution >= 0.6 is 0 Å². The number of nitrogens with zero attached hydrogens (tertiary/aromatic N) is 1. The van der Waals surface area contributed by atoms with E-state index in [0.717, 1.165) is 18.2 Å². The zero-order valence-corrected chi connectivity index (χ0v) is 14.9. The van der Waals surface area contributed by atoms with E-state index < -0.39 is 32.7 Å². The minimum atomic E-state index is -4.57. The van der Waals surface area contributed by atoms with Crippen LogP contribution in [0.1, 0.15) is 28.8 Å². The molecule has 1 aromatic carbocycles. The molecule has 26 heavy (non-hydrogen) atoms. The molecule has 6 nitrogen and oxygen atoms in total. The van der Waals surface area contributed by atoms with Gasteiger partial charge in [-0.2, -0.15) is 13.2 Å². The van der Waals surface area contributed by atoms with Crippen LogP contribution in [0.15, 0.2) is 18.2 Å². The van der Waals surface area contributed by atoms with Crippen LogP contribution in [0, 0.1) is 0 Å². The van der Waals surface area contributed by atoms with Crippen molar-refractivity contribution >= 4 is 27.7 Å². The van der Waals surface area contributed by atoms with Gasteiger partial charge in [0.25, 0.3) is 0 Å². The van der Waals surface area contributed by atoms with Gasteiger partial charge in [0.1, 0.15) is 0 Å². The fraction of sp³-hybridized carbons (Fsp3) is 0.500. The average molecular weight is 392 g/mol. The van der Waals surface area contributed by atoms with Gasteiger partial charge in [-0.25, -0.2) is 8.42 Å². The molecule has 0 spiro atoms. The number of carbonyl (C=O) groups excluding carboxylic acids is 2. The van der Waals surface area contributed by atoms with Crippen LogP contribution in [-0.2, 0) is 20.8 Å². The van der Waals surface area contributed by atoms with Crippen molar-refractivity contribution in [2.24, 2.45) is 0 Å². The van der Waals surface area contributed by atoms with E-state index in [2.05, 4.69) is 5.32 Å². The fourth-order valence-corrected chi connectivity index (χ4v) is 4.61. The molecule has 0 aliphatic carbocycles. The molecule has 1 N–H and O–H groups in total. The summed E-state index contributed by atoms with van der Waals surface area (Å²) in [7, 11) is -1.71. The number of likely N-dealkylation sites (N-methyl/N-ethyl adjacent to an activating group) is 1.